The molecule has 0 aliphatic heterocycles. The summed E-state index contributed by atoms with van der Waals surface area (Å²) in [7, 11) is 1.66. The van der Waals surface area contributed by atoms with Crippen LogP contribution in [0.15, 0.2) is 5.38 Å². The van der Waals surface area contributed by atoms with Crippen molar-refractivity contribution in [2.24, 2.45) is 5.84 Å². The van der Waals surface area contributed by atoms with Crippen LogP contribution in [0.25, 0.3) is 0 Å². The summed E-state index contributed by atoms with van der Waals surface area (Å²) in [5, 5.41) is 2.95. The molecule has 1 heterocycles. The normalized spacial score (nSPS) is 10.4. The van der Waals surface area contributed by atoms with Gasteiger partial charge in [-0.05, 0) is 0 Å². The second kappa shape index (κ2) is 4.40. The fourth-order valence-corrected chi connectivity index (χ4v) is 1.49. The molecule has 0 spiro atoms. The second-order valence-corrected chi connectivity index (χ2v) is 2.99. The van der Waals surface area contributed by atoms with Gasteiger partial charge in [0, 0.05) is 12.5 Å². The molecule has 0 aromatic carbocycles. The Balaban J connectivity index is 2.51. The molecular weight excluding hydrogens is 162 g/mol. The van der Waals surface area contributed by atoms with Gasteiger partial charge in [0.1, 0.15) is 5.01 Å². The van der Waals surface area contributed by atoms with Crippen molar-refractivity contribution in [2.75, 3.05) is 7.11 Å². The molecule has 0 atom stereocenters. The number of nitrogens with two attached hydrogens (primary N) is 1. The van der Waals surface area contributed by atoms with Crippen LogP contribution in [-0.4, -0.2) is 12.1 Å². The Morgan fingerprint density at radius 1 is 1.82 bits per heavy atom. The molecule has 0 amide bonds. The zero-order valence-corrected chi connectivity index (χ0v) is 7.15. The highest BCUT2D eigenvalue weighted by Crippen LogP contribution is 2.09. The molecule has 3 N–H and O–H groups in total. The summed E-state index contributed by atoms with van der Waals surface area (Å²) >= 11 is 1.58. The SMILES string of the molecule is COCc1nc(CNN)cs1. The molecule has 1 aromatic rings. The van der Waals surface area contributed by atoms with Gasteiger partial charge < -0.3 is 4.74 Å². The van der Waals surface area contributed by atoms with E-state index in [2.05, 4.69) is 10.4 Å². The summed E-state index contributed by atoms with van der Waals surface area (Å²) in [6, 6.07) is 0. The van der Waals surface area contributed by atoms with Crippen molar-refractivity contribution in [3.63, 3.8) is 0 Å². The summed E-state index contributed by atoms with van der Waals surface area (Å²) in [5.41, 5.74) is 3.51. The van der Waals surface area contributed by atoms with Gasteiger partial charge in [-0.25, -0.2) is 4.98 Å². The fourth-order valence-electron chi connectivity index (χ4n) is 0.724. The molecule has 0 fully saturated rings. The predicted molar refractivity (Wildman–Crippen MR) is 43.9 cm³/mol. The van der Waals surface area contributed by atoms with Gasteiger partial charge in [0.25, 0.3) is 0 Å². The molecule has 0 radical (unpaired) electrons. The van der Waals surface area contributed by atoms with Crippen molar-refractivity contribution < 1.29 is 4.74 Å². The van der Waals surface area contributed by atoms with Crippen LogP contribution in [0.1, 0.15) is 10.7 Å². The number of methoxy groups -OCH3 is 1. The number of nitrogens with one attached hydrogen (secondary N) is 1. The summed E-state index contributed by atoms with van der Waals surface area (Å²) in [4.78, 5) is 4.24. The fraction of sp³-hybridized carbons (Fsp3) is 0.500. The first kappa shape index (κ1) is 8.61. The van der Waals surface area contributed by atoms with Crippen molar-refractivity contribution in [3.8, 4) is 0 Å². The molecular formula is C6H11N3OS. The Labute approximate surface area is 69.4 Å². The lowest BCUT2D eigenvalue weighted by atomic mass is 10.5. The third-order valence-electron chi connectivity index (χ3n) is 1.15. The minimum absolute atomic E-state index is 0.579. The Morgan fingerprint density at radius 3 is 3.27 bits per heavy atom. The zero-order chi connectivity index (χ0) is 8.10. The Bertz CT molecular complexity index is 193. The van der Waals surface area contributed by atoms with Crippen LogP contribution >= 0.6 is 11.3 Å². The number of aromatic nitrogens is 1. The minimum Gasteiger partial charge on any atom is -0.378 e. The molecule has 1 rings (SSSR count). The van der Waals surface area contributed by atoms with E-state index in [0.717, 1.165) is 10.7 Å². The minimum atomic E-state index is 0.579. The predicted octanol–water partition coefficient (Wildman–Crippen LogP) is 0.253. The molecule has 5 heteroatoms. The van der Waals surface area contributed by atoms with Crippen molar-refractivity contribution in [1.82, 2.24) is 10.4 Å². The molecule has 1 aromatic heterocycles. The number of ether oxygens (including phenoxy) is 1. The van der Waals surface area contributed by atoms with Crippen LogP contribution in [0, 0.1) is 0 Å². The van der Waals surface area contributed by atoms with E-state index in [9.17, 15) is 0 Å². The highest BCUT2D eigenvalue weighted by molar-refractivity contribution is 7.09. The van der Waals surface area contributed by atoms with Gasteiger partial charge in [0.05, 0.1) is 18.8 Å². The number of rotatable bonds is 4. The first-order valence-electron chi connectivity index (χ1n) is 3.22. The van der Waals surface area contributed by atoms with Gasteiger partial charge in [-0.15, -0.1) is 11.3 Å². The van der Waals surface area contributed by atoms with Gasteiger partial charge >= 0.3 is 0 Å². The summed E-state index contributed by atoms with van der Waals surface area (Å²) in [6.45, 7) is 1.19. The van der Waals surface area contributed by atoms with E-state index < -0.39 is 0 Å². The van der Waals surface area contributed by atoms with Crippen molar-refractivity contribution in [2.45, 2.75) is 13.2 Å². The quantitative estimate of drug-likeness (QED) is 0.506. The smallest absolute Gasteiger partial charge is 0.119 e. The summed E-state index contributed by atoms with van der Waals surface area (Å²) in [5.74, 6) is 5.13. The third kappa shape index (κ3) is 2.55. The molecule has 0 aliphatic carbocycles. The standard InChI is InChI=1S/C6H11N3OS/c1-10-3-6-9-5(2-8-7)4-11-6/h4,8H,2-3,7H2,1H3. The van der Waals surface area contributed by atoms with Crippen LogP contribution in [-0.2, 0) is 17.9 Å². The Hall–Kier alpha value is -0.490. The average molecular weight is 173 g/mol. The molecule has 0 saturated carbocycles. The van der Waals surface area contributed by atoms with E-state index in [-0.39, 0.29) is 0 Å². The first-order chi connectivity index (χ1) is 5.36. The van der Waals surface area contributed by atoms with E-state index in [1.54, 1.807) is 18.4 Å². The van der Waals surface area contributed by atoms with E-state index in [0.29, 0.717) is 13.2 Å². The van der Waals surface area contributed by atoms with Crippen LogP contribution in [0.5, 0.6) is 0 Å². The second-order valence-electron chi connectivity index (χ2n) is 2.05. The molecule has 4 nitrogen and oxygen atoms in total. The van der Waals surface area contributed by atoms with Crippen molar-refractivity contribution in [3.05, 3.63) is 16.1 Å². The molecule has 11 heavy (non-hydrogen) atoms. The van der Waals surface area contributed by atoms with Gasteiger partial charge in [-0.3, -0.25) is 11.3 Å². The average Bonchev–Trinajstić information content (AvgIpc) is 2.38. The van der Waals surface area contributed by atoms with Crippen molar-refractivity contribution >= 4 is 11.3 Å². The highest BCUT2D eigenvalue weighted by Gasteiger charge is 1.99. The van der Waals surface area contributed by atoms with E-state index >= 15 is 0 Å². The van der Waals surface area contributed by atoms with Crippen LogP contribution in [0.3, 0.4) is 0 Å². The Morgan fingerprint density at radius 2 is 2.64 bits per heavy atom. The van der Waals surface area contributed by atoms with Gasteiger partial charge in [-0.1, -0.05) is 0 Å². The number of hydrazine groups is 1. The topological polar surface area (TPSA) is 60.2 Å². The van der Waals surface area contributed by atoms with Crippen LogP contribution in [0.2, 0.25) is 0 Å². The van der Waals surface area contributed by atoms with E-state index in [1.165, 1.54) is 0 Å². The van der Waals surface area contributed by atoms with Crippen molar-refractivity contribution in [1.29, 1.82) is 0 Å². The largest absolute Gasteiger partial charge is 0.378 e. The highest BCUT2D eigenvalue weighted by atomic mass is 32.1. The van der Waals surface area contributed by atoms with Gasteiger partial charge in [0.2, 0.25) is 0 Å². The van der Waals surface area contributed by atoms with E-state index in [1.807, 2.05) is 5.38 Å². The van der Waals surface area contributed by atoms with Crippen LogP contribution < -0.4 is 11.3 Å². The number of hydrogen-bond donors (Lipinski definition) is 2. The molecule has 0 bridgehead atoms. The third-order valence-corrected chi connectivity index (χ3v) is 2.02. The molecule has 62 valence electrons. The number of hydrogen-bond acceptors (Lipinski definition) is 5. The maximum Gasteiger partial charge on any atom is 0.119 e. The Kier molecular flexibility index (Phi) is 3.44. The lowest BCUT2D eigenvalue weighted by Crippen LogP contribution is -2.20. The molecule has 0 unspecified atom stereocenters. The number of thiazole rings is 1. The van der Waals surface area contributed by atoms with Crippen LogP contribution in [0.4, 0.5) is 0 Å². The molecule has 0 aliphatic rings. The monoisotopic (exact) mass is 173 g/mol. The maximum absolute atomic E-state index is 5.13. The van der Waals surface area contributed by atoms with Gasteiger partial charge in [0.15, 0.2) is 0 Å². The lowest BCUT2D eigenvalue weighted by molar-refractivity contribution is 0.184. The first-order valence-corrected chi connectivity index (χ1v) is 4.10. The lowest BCUT2D eigenvalue weighted by Gasteiger charge is -1.92. The maximum atomic E-state index is 5.13. The van der Waals surface area contributed by atoms with Gasteiger partial charge in [-0.2, -0.15) is 0 Å². The van der Waals surface area contributed by atoms with E-state index in [4.69, 9.17) is 10.6 Å². The molecule has 0 saturated heterocycles. The zero-order valence-electron chi connectivity index (χ0n) is 6.33. The summed E-state index contributed by atoms with van der Waals surface area (Å²) in [6.07, 6.45) is 0. The number of nitrogens with zero attached hydrogens (tertiary/aromatic N) is 1. The summed E-state index contributed by atoms with van der Waals surface area (Å²) < 4.78 is 4.92.